The molecule has 1 saturated carbocycles. The second kappa shape index (κ2) is 9.28. The van der Waals surface area contributed by atoms with Crippen LogP contribution in [0.1, 0.15) is 52.4 Å². The van der Waals surface area contributed by atoms with Crippen molar-refractivity contribution in [3.8, 4) is 0 Å². The summed E-state index contributed by atoms with van der Waals surface area (Å²) in [6, 6.07) is -0.394. The third-order valence-electron chi connectivity index (χ3n) is 6.55. The number of hydrogen-bond acceptors (Lipinski definition) is 5. The van der Waals surface area contributed by atoms with Gasteiger partial charge in [0.25, 0.3) is 0 Å². The fraction of sp³-hybridized carbons (Fsp3) is 0.947. The van der Waals surface area contributed by atoms with E-state index in [9.17, 15) is 18.0 Å². The Labute approximate surface area is 164 Å². The maximum Gasteiger partial charge on any atom is 0.417 e. The lowest BCUT2D eigenvalue weighted by molar-refractivity contribution is -0.170. The van der Waals surface area contributed by atoms with Gasteiger partial charge in [0.05, 0.1) is 12.6 Å². The second-order valence-corrected chi connectivity index (χ2v) is 8.79. The first-order chi connectivity index (χ1) is 13.2. The summed E-state index contributed by atoms with van der Waals surface area (Å²) < 4.78 is 38.7. The number of hydroxylamine groups is 1. The van der Waals surface area contributed by atoms with E-state index in [0.29, 0.717) is 30.2 Å². The molecule has 2 aliphatic heterocycles. The van der Waals surface area contributed by atoms with Crippen molar-refractivity contribution in [2.24, 2.45) is 17.8 Å². The molecule has 0 bridgehead atoms. The van der Waals surface area contributed by atoms with Gasteiger partial charge >= 0.3 is 6.18 Å². The Hall–Kier alpha value is -0.900. The topological polar surface area (TPSA) is 74.4 Å². The van der Waals surface area contributed by atoms with Crippen molar-refractivity contribution in [1.82, 2.24) is 21.4 Å². The normalized spacial score (nSPS) is 38.2. The minimum Gasteiger partial charge on any atom is -0.352 e. The Kier molecular flexibility index (Phi) is 7.22. The van der Waals surface area contributed by atoms with Crippen LogP contribution in [0.2, 0.25) is 0 Å². The van der Waals surface area contributed by atoms with Gasteiger partial charge in [-0.2, -0.15) is 18.7 Å². The Morgan fingerprint density at radius 2 is 2.07 bits per heavy atom. The van der Waals surface area contributed by atoms with Gasteiger partial charge in [0.1, 0.15) is 0 Å². The fourth-order valence-corrected chi connectivity index (χ4v) is 4.70. The lowest BCUT2D eigenvalue weighted by Gasteiger charge is -2.37. The zero-order valence-electron chi connectivity index (χ0n) is 16.6. The summed E-state index contributed by atoms with van der Waals surface area (Å²) in [5, 5.41) is 7.79. The molecule has 0 aromatic carbocycles. The molecule has 28 heavy (non-hydrogen) atoms. The van der Waals surface area contributed by atoms with Crippen LogP contribution in [-0.4, -0.2) is 49.5 Å². The van der Waals surface area contributed by atoms with Gasteiger partial charge < -0.3 is 10.2 Å². The molecule has 7 atom stereocenters. The van der Waals surface area contributed by atoms with E-state index in [-0.39, 0.29) is 18.5 Å². The highest BCUT2D eigenvalue weighted by molar-refractivity contribution is 5.82. The van der Waals surface area contributed by atoms with Gasteiger partial charge in [0.2, 0.25) is 5.91 Å². The van der Waals surface area contributed by atoms with Crippen LogP contribution in [-0.2, 0) is 9.63 Å². The molecule has 1 aliphatic carbocycles. The van der Waals surface area contributed by atoms with Crippen LogP contribution in [0, 0.1) is 17.8 Å². The lowest BCUT2D eigenvalue weighted by Crippen LogP contribution is -2.64. The molecule has 3 fully saturated rings. The zero-order chi connectivity index (χ0) is 20.3. The zero-order valence-corrected chi connectivity index (χ0v) is 16.6. The molecule has 3 rings (SSSR count). The minimum atomic E-state index is -4.40. The van der Waals surface area contributed by atoms with Gasteiger partial charge in [-0.3, -0.25) is 15.4 Å². The van der Waals surface area contributed by atoms with Crippen LogP contribution in [0.15, 0.2) is 0 Å². The Morgan fingerprint density at radius 1 is 1.29 bits per heavy atom. The highest BCUT2D eigenvalue weighted by atomic mass is 19.4. The average molecular weight is 406 g/mol. The van der Waals surface area contributed by atoms with Gasteiger partial charge in [-0.1, -0.05) is 26.7 Å². The number of hydrogen-bond donors (Lipinski definition) is 4. The quantitative estimate of drug-likeness (QED) is 0.563. The monoisotopic (exact) mass is 406 g/mol. The van der Waals surface area contributed by atoms with Crippen LogP contribution in [0.25, 0.3) is 0 Å². The van der Waals surface area contributed by atoms with E-state index in [0.717, 1.165) is 38.7 Å². The largest absolute Gasteiger partial charge is 0.417 e. The second-order valence-electron chi connectivity index (χ2n) is 8.79. The smallest absolute Gasteiger partial charge is 0.352 e. The van der Waals surface area contributed by atoms with Gasteiger partial charge in [-0.15, -0.1) is 0 Å². The fourth-order valence-electron chi connectivity index (χ4n) is 4.70. The van der Waals surface area contributed by atoms with E-state index >= 15 is 0 Å². The van der Waals surface area contributed by atoms with Crippen LogP contribution in [0.4, 0.5) is 13.2 Å². The van der Waals surface area contributed by atoms with E-state index < -0.39 is 18.4 Å². The molecular weight excluding hydrogens is 373 g/mol. The molecule has 162 valence electrons. The molecule has 2 heterocycles. The summed E-state index contributed by atoms with van der Waals surface area (Å²) >= 11 is 0. The summed E-state index contributed by atoms with van der Waals surface area (Å²) in [6.07, 6.45) is -0.872. The molecular formula is C19H33F3N4O2. The molecule has 4 N–H and O–H groups in total. The first kappa shape index (κ1) is 21.8. The van der Waals surface area contributed by atoms with Crippen molar-refractivity contribution >= 4 is 5.91 Å². The SMILES string of the molecule is CC1CONC1C[C@@H](C)C1CCCC(NC(=O)C2CCNC(C(F)(F)F)N2)C1. The maximum absolute atomic E-state index is 12.9. The molecule has 0 spiro atoms. The van der Waals surface area contributed by atoms with E-state index in [4.69, 9.17) is 4.84 Å². The number of amides is 1. The number of rotatable bonds is 5. The van der Waals surface area contributed by atoms with Crippen molar-refractivity contribution in [2.75, 3.05) is 13.2 Å². The van der Waals surface area contributed by atoms with Crippen LogP contribution in [0.3, 0.4) is 0 Å². The number of carbonyl (C=O) groups excluding carboxylic acids is 1. The number of carbonyl (C=O) groups is 1. The summed E-state index contributed by atoms with van der Waals surface area (Å²) in [6.45, 7) is 5.35. The van der Waals surface area contributed by atoms with E-state index in [1.165, 1.54) is 0 Å². The Bertz CT molecular complexity index is 534. The summed E-state index contributed by atoms with van der Waals surface area (Å²) in [4.78, 5) is 17.9. The van der Waals surface area contributed by atoms with E-state index in [1.807, 2.05) is 0 Å². The van der Waals surface area contributed by atoms with Crippen molar-refractivity contribution in [3.05, 3.63) is 0 Å². The summed E-state index contributed by atoms with van der Waals surface area (Å²) in [5.41, 5.74) is 3.10. The molecule has 3 aliphatic rings. The van der Waals surface area contributed by atoms with Gasteiger partial charge in [0.15, 0.2) is 6.17 Å². The van der Waals surface area contributed by atoms with Crippen molar-refractivity contribution in [2.45, 2.75) is 82.8 Å². The Balaban J connectivity index is 1.48. The van der Waals surface area contributed by atoms with Crippen molar-refractivity contribution < 1.29 is 22.8 Å². The lowest BCUT2D eigenvalue weighted by atomic mass is 9.75. The standard InChI is InChI=1S/C19H33F3N4O2/c1-11(8-16-12(2)10-28-26-16)13-4-3-5-14(9-13)24-17(27)15-6-7-23-18(25-15)19(20,21)22/h11-16,18,23,25-26H,3-10H2,1-2H3,(H,24,27)/t11-,12?,13?,14?,15?,16?,18?/m1/s1. The summed E-state index contributed by atoms with van der Waals surface area (Å²) in [5.74, 6) is 1.20. The molecule has 0 radical (unpaired) electrons. The van der Waals surface area contributed by atoms with Crippen molar-refractivity contribution in [1.29, 1.82) is 0 Å². The third-order valence-corrected chi connectivity index (χ3v) is 6.55. The molecule has 2 saturated heterocycles. The van der Waals surface area contributed by atoms with Gasteiger partial charge in [0, 0.05) is 12.1 Å². The average Bonchev–Trinajstić information content (AvgIpc) is 3.06. The van der Waals surface area contributed by atoms with Crippen LogP contribution < -0.4 is 21.4 Å². The van der Waals surface area contributed by atoms with Crippen LogP contribution in [0.5, 0.6) is 0 Å². The minimum absolute atomic E-state index is 0.0416. The number of halogens is 3. The predicted octanol–water partition coefficient (Wildman–Crippen LogP) is 2.07. The maximum atomic E-state index is 12.9. The third kappa shape index (κ3) is 5.58. The Morgan fingerprint density at radius 3 is 2.75 bits per heavy atom. The van der Waals surface area contributed by atoms with Crippen molar-refractivity contribution in [3.63, 3.8) is 0 Å². The van der Waals surface area contributed by atoms with Crippen LogP contribution >= 0.6 is 0 Å². The number of nitrogens with one attached hydrogen (secondary N) is 4. The summed E-state index contributed by atoms with van der Waals surface area (Å²) in [7, 11) is 0. The first-order valence-electron chi connectivity index (χ1n) is 10.5. The number of alkyl halides is 3. The molecule has 6 unspecified atom stereocenters. The van der Waals surface area contributed by atoms with E-state index in [2.05, 4.69) is 35.3 Å². The molecule has 6 nitrogen and oxygen atoms in total. The van der Waals surface area contributed by atoms with E-state index in [1.54, 1.807) is 0 Å². The molecule has 1 amide bonds. The first-order valence-corrected chi connectivity index (χ1v) is 10.5. The van der Waals surface area contributed by atoms with Gasteiger partial charge in [-0.05, 0) is 50.0 Å². The highest BCUT2D eigenvalue weighted by Gasteiger charge is 2.43. The molecule has 0 aromatic heterocycles. The van der Waals surface area contributed by atoms with Gasteiger partial charge in [-0.25, -0.2) is 0 Å². The molecule has 0 aromatic rings. The highest BCUT2D eigenvalue weighted by Crippen LogP contribution is 2.34. The predicted molar refractivity (Wildman–Crippen MR) is 99.1 cm³/mol. The molecule has 9 heteroatoms.